The second-order valence-electron chi connectivity index (χ2n) is 6.10. The first kappa shape index (κ1) is 16.0. The van der Waals surface area contributed by atoms with Crippen LogP contribution in [0.3, 0.4) is 0 Å². The molecule has 1 saturated heterocycles. The first-order valence-electron chi connectivity index (χ1n) is 8.62. The smallest absolute Gasteiger partial charge is 0.00952 e. The Labute approximate surface area is 115 Å². The third-order valence-electron chi connectivity index (χ3n) is 4.44. The summed E-state index contributed by atoms with van der Waals surface area (Å²) >= 11 is 0. The van der Waals surface area contributed by atoms with Crippen LogP contribution < -0.4 is 0 Å². The van der Waals surface area contributed by atoms with Crippen LogP contribution in [-0.2, 0) is 0 Å². The summed E-state index contributed by atoms with van der Waals surface area (Å²) in [6.45, 7) is 7.38. The maximum atomic E-state index is 2.81. The second kappa shape index (κ2) is 10.8. The van der Waals surface area contributed by atoms with Gasteiger partial charge in [0.15, 0.2) is 0 Å². The van der Waals surface area contributed by atoms with Gasteiger partial charge in [0.1, 0.15) is 0 Å². The Bertz CT molecular complexity index is 172. The summed E-state index contributed by atoms with van der Waals surface area (Å²) in [4.78, 5) is 2.81. The van der Waals surface area contributed by atoms with Crippen molar-refractivity contribution >= 4 is 0 Å². The van der Waals surface area contributed by atoms with Crippen LogP contribution in [0.4, 0.5) is 0 Å². The fraction of sp³-hybridized carbons (Fsp3) is 1.00. The van der Waals surface area contributed by atoms with Crippen molar-refractivity contribution < 1.29 is 0 Å². The van der Waals surface area contributed by atoms with E-state index in [1.807, 2.05) is 0 Å². The Morgan fingerprint density at radius 1 is 0.722 bits per heavy atom. The summed E-state index contributed by atoms with van der Waals surface area (Å²) in [6, 6.07) is 0.911. The molecule has 0 aromatic carbocycles. The third-order valence-corrected chi connectivity index (χ3v) is 4.44. The SMILES string of the molecule is CCCCCCC(CCCCC)N1CCCCC1. The Balaban J connectivity index is 2.25. The van der Waals surface area contributed by atoms with Gasteiger partial charge in [0, 0.05) is 6.04 Å². The predicted molar refractivity (Wildman–Crippen MR) is 82.1 cm³/mol. The Morgan fingerprint density at radius 3 is 1.89 bits per heavy atom. The largest absolute Gasteiger partial charge is 0.300 e. The number of unbranched alkanes of at least 4 members (excludes halogenated alkanes) is 5. The van der Waals surface area contributed by atoms with Gasteiger partial charge in [0.2, 0.25) is 0 Å². The summed E-state index contributed by atoms with van der Waals surface area (Å²) < 4.78 is 0. The number of hydrogen-bond acceptors (Lipinski definition) is 1. The normalized spacial score (nSPS) is 19.0. The highest BCUT2D eigenvalue weighted by Gasteiger charge is 2.19. The maximum Gasteiger partial charge on any atom is 0.00952 e. The monoisotopic (exact) mass is 253 g/mol. The quantitative estimate of drug-likeness (QED) is 0.472. The van der Waals surface area contributed by atoms with E-state index in [4.69, 9.17) is 0 Å². The van der Waals surface area contributed by atoms with Crippen LogP contribution in [0.25, 0.3) is 0 Å². The van der Waals surface area contributed by atoms with Crippen molar-refractivity contribution in [2.24, 2.45) is 0 Å². The number of hydrogen-bond donors (Lipinski definition) is 0. The lowest BCUT2D eigenvalue weighted by atomic mass is 9.98. The van der Waals surface area contributed by atoms with E-state index in [-0.39, 0.29) is 0 Å². The minimum absolute atomic E-state index is 0.911. The molecule has 0 saturated carbocycles. The van der Waals surface area contributed by atoms with Crippen molar-refractivity contribution in [3.05, 3.63) is 0 Å². The van der Waals surface area contributed by atoms with Gasteiger partial charge < -0.3 is 4.90 Å². The highest BCUT2D eigenvalue weighted by molar-refractivity contribution is 4.75. The highest BCUT2D eigenvalue weighted by Crippen LogP contribution is 2.21. The molecule has 0 radical (unpaired) electrons. The van der Waals surface area contributed by atoms with E-state index in [1.165, 1.54) is 90.1 Å². The summed E-state index contributed by atoms with van der Waals surface area (Å²) in [5, 5.41) is 0. The van der Waals surface area contributed by atoms with Gasteiger partial charge in [-0.1, -0.05) is 65.2 Å². The van der Waals surface area contributed by atoms with Gasteiger partial charge in [-0.2, -0.15) is 0 Å². The molecular weight excluding hydrogens is 218 g/mol. The van der Waals surface area contributed by atoms with Crippen LogP contribution in [0.5, 0.6) is 0 Å². The molecule has 0 spiro atoms. The molecule has 1 atom stereocenters. The van der Waals surface area contributed by atoms with E-state index in [0.717, 1.165) is 6.04 Å². The molecule has 1 heteroatoms. The fourth-order valence-electron chi connectivity index (χ4n) is 3.23. The molecule has 0 N–H and O–H groups in total. The Kier molecular flexibility index (Phi) is 9.65. The van der Waals surface area contributed by atoms with Gasteiger partial charge in [-0.25, -0.2) is 0 Å². The first-order chi connectivity index (χ1) is 8.88. The molecule has 18 heavy (non-hydrogen) atoms. The fourth-order valence-corrected chi connectivity index (χ4v) is 3.23. The zero-order valence-corrected chi connectivity index (χ0v) is 12.9. The summed E-state index contributed by atoms with van der Waals surface area (Å²) in [5.41, 5.74) is 0. The molecule has 0 aliphatic carbocycles. The summed E-state index contributed by atoms with van der Waals surface area (Å²) in [7, 11) is 0. The summed E-state index contributed by atoms with van der Waals surface area (Å²) in [5.74, 6) is 0. The van der Waals surface area contributed by atoms with E-state index < -0.39 is 0 Å². The van der Waals surface area contributed by atoms with Crippen molar-refractivity contribution in [3.8, 4) is 0 Å². The van der Waals surface area contributed by atoms with Gasteiger partial charge in [-0.3, -0.25) is 0 Å². The average Bonchev–Trinajstić information content (AvgIpc) is 2.42. The van der Waals surface area contributed by atoms with Crippen molar-refractivity contribution in [2.75, 3.05) is 13.1 Å². The van der Waals surface area contributed by atoms with E-state index in [9.17, 15) is 0 Å². The zero-order valence-electron chi connectivity index (χ0n) is 12.9. The molecule has 1 heterocycles. The van der Waals surface area contributed by atoms with Gasteiger partial charge in [0.25, 0.3) is 0 Å². The van der Waals surface area contributed by atoms with Crippen LogP contribution in [0.15, 0.2) is 0 Å². The number of piperidine rings is 1. The highest BCUT2D eigenvalue weighted by atomic mass is 15.2. The van der Waals surface area contributed by atoms with Crippen LogP contribution in [0, 0.1) is 0 Å². The topological polar surface area (TPSA) is 3.24 Å². The van der Waals surface area contributed by atoms with Crippen LogP contribution >= 0.6 is 0 Å². The molecule has 1 fully saturated rings. The molecule has 0 amide bonds. The number of rotatable bonds is 10. The van der Waals surface area contributed by atoms with Crippen LogP contribution in [0.2, 0.25) is 0 Å². The minimum atomic E-state index is 0.911. The van der Waals surface area contributed by atoms with Gasteiger partial charge in [0.05, 0.1) is 0 Å². The predicted octanol–water partition coefficient (Wildman–Crippen LogP) is 5.39. The third kappa shape index (κ3) is 6.78. The lowest BCUT2D eigenvalue weighted by molar-refractivity contribution is 0.142. The standard InChI is InChI=1S/C17H35N/c1-3-5-7-10-14-17(13-9-6-4-2)18-15-11-8-12-16-18/h17H,3-16H2,1-2H3. The van der Waals surface area contributed by atoms with Crippen molar-refractivity contribution in [2.45, 2.75) is 96.9 Å². The van der Waals surface area contributed by atoms with E-state index >= 15 is 0 Å². The molecule has 1 aliphatic rings. The molecule has 1 aliphatic heterocycles. The van der Waals surface area contributed by atoms with E-state index in [2.05, 4.69) is 18.7 Å². The van der Waals surface area contributed by atoms with Gasteiger partial charge in [-0.15, -0.1) is 0 Å². The molecule has 1 rings (SSSR count). The number of nitrogens with zero attached hydrogens (tertiary/aromatic N) is 1. The van der Waals surface area contributed by atoms with Gasteiger partial charge in [-0.05, 0) is 38.8 Å². The lowest BCUT2D eigenvalue weighted by Gasteiger charge is -2.35. The van der Waals surface area contributed by atoms with Crippen LogP contribution in [0.1, 0.15) is 90.9 Å². The van der Waals surface area contributed by atoms with Crippen molar-refractivity contribution in [1.82, 2.24) is 4.90 Å². The van der Waals surface area contributed by atoms with Crippen LogP contribution in [-0.4, -0.2) is 24.0 Å². The molecule has 0 bridgehead atoms. The molecule has 108 valence electrons. The maximum absolute atomic E-state index is 2.81. The zero-order chi connectivity index (χ0) is 13.1. The second-order valence-corrected chi connectivity index (χ2v) is 6.10. The van der Waals surface area contributed by atoms with Gasteiger partial charge >= 0.3 is 0 Å². The average molecular weight is 253 g/mol. The Hall–Kier alpha value is -0.0400. The first-order valence-corrected chi connectivity index (χ1v) is 8.62. The molecule has 1 unspecified atom stereocenters. The van der Waals surface area contributed by atoms with Crippen molar-refractivity contribution in [3.63, 3.8) is 0 Å². The number of likely N-dealkylation sites (tertiary alicyclic amines) is 1. The minimum Gasteiger partial charge on any atom is -0.300 e. The molecule has 0 aromatic rings. The molecule has 0 aromatic heterocycles. The molecular formula is C17H35N. The van der Waals surface area contributed by atoms with E-state index in [1.54, 1.807) is 0 Å². The molecule has 1 nitrogen and oxygen atoms in total. The van der Waals surface area contributed by atoms with Crippen molar-refractivity contribution in [1.29, 1.82) is 0 Å². The Morgan fingerprint density at radius 2 is 1.28 bits per heavy atom. The lowest BCUT2D eigenvalue weighted by Crippen LogP contribution is -2.39. The van der Waals surface area contributed by atoms with E-state index in [0.29, 0.717) is 0 Å². The summed E-state index contributed by atoms with van der Waals surface area (Å²) in [6.07, 6.45) is 17.2.